The molecule has 0 rings (SSSR count). The first-order valence-electron chi connectivity index (χ1n) is 4.23. The quantitative estimate of drug-likeness (QED) is 0.413. The standard InChI is InChI=1S/C8H16O4S/c1-4-5-10-6(2)11-7(3)12-8(9)13/h6-7H,4-5H2,1-3H3,(H,9,13). The third kappa shape index (κ3) is 8.08. The van der Waals surface area contributed by atoms with E-state index in [1.165, 1.54) is 0 Å². The molecule has 2 atom stereocenters. The molecule has 0 heterocycles. The van der Waals surface area contributed by atoms with E-state index in [-0.39, 0.29) is 6.29 Å². The molecule has 0 saturated heterocycles. The average molecular weight is 208 g/mol. The molecule has 0 aliphatic rings. The smallest absolute Gasteiger partial charge is 0.366 e. The molecule has 5 heteroatoms. The minimum Gasteiger partial charge on any atom is -0.428 e. The predicted molar refractivity (Wildman–Crippen MR) is 51.7 cm³/mol. The molecule has 0 saturated carbocycles. The van der Waals surface area contributed by atoms with Crippen molar-refractivity contribution in [3.05, 3.63) is 0 Å². The zero-order valence-electron chi connectivity index (χ0n) is 8.15. The molecule has 0 radical (unpaired) electrons. The summed E-state index contributed by atoms with van der Waals surface area (Å²) in [5, 5.41) is -0.657. The van der Waals surface area contributed by atoms with Gasteiger partial charge in [0.15, 0.2) is 6.29 Å². The minimum atomic E-state index is -0.657. The summed E-state index contributed by atoms with van der Waals surface area (Å²) in [5.74, 6) is 0. The Morgan fingerprint density at radius 2 is 2.00 bits per heavy atom. The Balaban J connectivity index is 3.52. The van der Waals surface area contributed by atoms with E-state index in [0.717, 1.165) is 6.42 Å². The number of ether oxygens (including phenoxy) is 3. The third-order valence-electron chi connectivity index (χ3n) is 1.21. The van der Waals surface area contributed by atoms with Gasteiger partial charge in [-0.15, -0.1) is 0 Å². The van der Waals surface area contributed by atoms with E-state index in [0.29, 0.717) is 6.61 Å². The number of carbonyl (C=O) groups is 1. The third-order valence-corrected chi connectivity index (χ3v) is 1.31. The van der Waals surface area contributed by atoms with Crippen LogP contribution in [-0.4, -0.2) is 24.5 Å². The summed E-state index contributed by atoms with van der Waals surface area (Å²) >= 11 is 3.45. The lowest BCUT2D eigenvalue weighted by atomic mass is 10.5. The minimum absolute atomic E-state index is 0.373. The molecule has 0 N–H and O–H groups in total. The van der Waals surface area contributed by atoms with E-state index in [1.807, 2.05) is 6.92 Å². The van der Waals surface area contributed by atoms with Crippen LogP contribution in [0, 0.1) is 0 Å². The number of rotatable bonds is 6. The highest BCUT2D eigenvalue weighted by Crippen LogP contribution is 2.03. The Labute approximate surface area is 84.0 Å². The largest absolute Gasteiger partial charge is 0.428 e. The van der Waals surface area contributed by atoms with Gasteiger partial charge in [0.05, 0.1) is 0 Å². The molecule has 0 amide bonds. The van der Waals surface area contributed by atoms with Crippen molar-refractivity contribution in [3.8, 4) is 0 Å². The zero-order valence-corrected chi connectivity index (χ0v) is 9.04. The van der Waals surface area contributed by atoms with Crippen molar-refractivity contribution in [2.45, 2.75) is 39.8 Å². The zero-order chi connectivity index (χ0) is 10.3. The first-order valence-corrected chi connectivity index (χ1v) is 4.67. The van der Waals surface area contributed by atoms with Gasteiger partial charge in [-0.2, -0.15) is 0 Å². The van der Waals surface area contributed by atoms with Gasteiger partial charge in [-0.3, -0.25) is 0 Å². The van der Waals surface area contributed by atoms with Crippen molar-refractivity contribution in [2.75, 3.05) is 6.61 Å². The molecule has 13 heavy (non-hydrogen) atoms. The van der Waals surface area contributed by atoms with Crippen LogP contribution in [0.2, 0.25) is 0 Å². The molecule has 0 spiro atoms. The van der Waals surface area contributed by atoms with Gasteiger partial charge in [0.25, 0.3) is 0 Å². The lowest BCUT2D eigenvalue weighted by Gasteiger charge is -2.18. The Bertz CT molecular complexity index is 151. The molecule has 0 aromatic heterocycles. The highest BCUT2D eigenvalue weighted by molar-refractivity contribution is 7.96. The monoisotopic (exact) mass is 208 g/mol. The van der Waals surface area contributed by atoms with E-state index >= 15 is 0 Å². The maximum absolute atomic E-state index is 10.4. The van der Waals surface area contributed by atoms with Gasteiger partial charge in [-0.1, -0.05) is 19.6 Å². The van der Waals surface area contributed by atoms with Crippen molar-refractivity contribution < 1.29 is 19.0 Å². The summed E-state index contributed by atoms with van der Waals surface area (Å²) in [5.41, 5.74) is 0. The lowest BCUT2D eigenvalue weighted by molar-refractivity contribution is -0.209. The first-order chi connectivity index (χ1) is 6.06. The van der Waals surface area contributed by atoms with Crippen LogP contribution in [0.15, 0.2) is 0 Å². The van der Waals surface area contributed by atoms with Crippen LogP contribution in [-0.2, 0) is 14.2 Å². The van der Waals surface area contributed by atoms with Gasteiger partial charge >= 0.3 is 5.30 Å². The van der Waals surface area contributed by atoms with E-state index in [4.69, 9.17) is 9.47 Å². The van der Waals surface area contributed by atoms with E-state index in [2.05, 4.69) is 17.4 Å². The molecule has 4 nitrogen and oxygen atoms in total. The molecular formula is C8H16O4S. The average Bonchev–Trinajstić information content (AvgIpc) is 1.98. The highest BCUT2D eigenvalue weighted by Gasteiger charge is 2.10. The first kappa shape index (κ1) is 12.7. The molecule has 2 unspecified atom stereocenters. The van der Waals surface area contributed by atoms with Crippen molar-refractivity contribution in [1.82, 2.24) is 0 Å². The molecule has 78 valence electrons. The SMILES string of the molecule is CCCOC(C)OC(C)OC(=O)S. The number of hydrogen-bond donors (Lipinski definition) is 1. The Kier molecular flexibility index (Phi) is 7.03. The molecule has 0 aromatic rings. The fourth-order valence-electron chi connectivity index (χ4n) is 0.763. The van der Waals surface area contributed by atoms with Gasteiger partial charge in [-0.05, 0) is 20.3 Å². The Morgan fingerprint density at radius 1 is 1.38 bits per heavy atom. The van der Waals surface area contributed by atoms with Crippen LogP contribution >= 0.6 is 12.6 Å². The van der Waals surface area contributed by atoms with Crippen molar-refractivity contribution in [2.24, 2.45) is 0 Å². The topological polar surface area (TPSA) is 44.8 Å². The van der Waals surface area contributed by atoms with Crippen LogP contribution in [0.25, 0.3) is 0 Å². The molecular weight excluding hydrogens is 192 g/mol. The summed E-state index contributed by atoms with van der Waals surface area (Å²) in [4.78, 5) is 10.4. The van der Waals surface area contributed by atoms with Crippen molar-refractivity contribution in [1.29, 1.82) is 0 Å². The van der Waals surface area contributed by atoms with Crippen LogP contribution < -0.4 is 0 Å². The second kappa shape index (κ2) is 7.17. The van der Waals surface area contributed by atoms with Gasteiger partial charge in [0.1, 0.15) is 0 Å². The normalized spacial score (nSPS) is 15.1. The van der Waals surface area contributed by atoms with E-state index < -0.39 is 11.6 Å². The molecule has 0 aromatic carbocycles. The summed E-state index contributed by atoms with van der Waals surface area (Å²) in [6.07, 6.45) is -0.0754. The number of thiol groups is 1. The maximum atomic E-state index is 10.4. The molecule has 0 bridgehead atoms. The maximum Gasteiger partial charge on any atom is 0.366 e. The summed E-state index contributed by atoms with van der Waals surface area (Å²) in [6.45, 7) is 5.99. The van der Waals surface area contributed by atoms with E-state index in [9.17, 15) is 4.79 Å². The van der Waals surface area contributed by atoms with Crippen molar-refractivity contribution >= 4 is 17.9 Å². The highest BCUT2D eigenvalue weighted by atomic mass is 32.1. The second-order valence-corrected chi connectivity index (χ2v) is 2.89. The predicted octanol–water partition coefficient (Wildman–Crippen LogP) is 2.19. The number of carbonyl (C=O) groups excluding carboxylic acids is 1. The molecule has 0 aliphatic heterocycles. The van der Waals surface area contributed by atoms with Gasteiger partial charge in [0, 0.05) is 6.61 Å². The van der Waals surface area contributed by atoms with Crippen LogP contribution in [0.1, 0.15) is 27.2 Å². The Hall–Kier alpha value is -0.260. The summed E-state index contributed by atoms with van der Waals surface area (Å²) < 4.78 is 15.0. The summed E-state index contributed by atoms with van der Waals surface area (Å²) in [7, 11) is 0. The Morgan fingerprint density at radius 3 is 2.46 bits per heavy atom. The van der Waals surface area contributed by atoms with Crippen LogP contribution in [0.5, 0.6) is 0 Å². The van der Waals surface area contributed by atoms with Gasteiger partial charge < -0.3 is 14.2 Å². The number of hydrogen-bond acceptors (Lipinski definition) is 4. The summed E-state index contributed by atoms with van der Waals surface area (Å²) in [6, 6.07) is 0. The fraction of sp³-hybridized carbons (Fsp3) is 0.875. The van der Waals surface area contributed by atoms with Crippen molar-refractivity contribution in [3.63, 3.8) is 0 Å². The van der Waals surface area contributed by atoms with Crippen LogP contribution in [0.3, 0.4) is 0 Å². The lowest BCUT2D eigenvalue weighted by Crippen LogP contribution is -2.23. The second-order valence-electron chi connectivity index (χ2n) is 2.53. The van der Waals surface area contributed by atoms with Gasteiger partial charge in [-0.25, -0.2) is 4.79 Å². The van der Waals surface area contributed by atoms with Gasteiger partial charge in [0.2, 0.25) is 6.29 Å². The molecule has 0 aliphatic carbocycles. The van der Waals surface area contributed by atoms with Crippen LogP contribution in [0.4, 0.5) is 4.79 Å². The molecule has 0 fully saturated rings. The van der Waals surface area contributed by atoms with E-state index in [1.54, 1.807) is 13.8 Å². The fourth-order valence-corrected chi connectivity index (χ4v) is 0.911.